The summed E-state index contributed by atoms with van der Waals surface area (Å²) < 4.78 is 5.61. The molecule has 0 aliphatic carbocycles. The number of likely N-dealkylation sites (N-methyl/N-ethyl adjacent to an activating group) is 1. The van der Waals surface area contributed by atoms with E-state index >= 15 is 0 Å². The molecule has 0 fully saturated rings. The van der Waals surface area contributed by atoms with Gasteiger partial charge in [0.1, 0.15) is 10.8 Å². The predicted octanol–water partition coefficient (Wildman–Crippen LogP) is 2.00. The number of carbonyl (C=O) groups is 2. The minimum atomic E-state index is -0.226. The Morgan fingerprint density at radius 3 is 2.71 bits per heavy atom. The highest BCUT2D eigenvalue weighted by Crippen LogP contribution is 2.32. The normalized spacial score (nSPS) is 10.2. The molecule has 128 valence electrons. The highest BCUT2D eigenvalue weighted by molar-refractivity contribution is 7.13. The van der Waals surface area contributed by atoms with E-state index in [-0.39, 0.29) is 24.8 Å². The van der Waals surface area contributed by atoms with Crippen molar-refractivity contribution in [1.82, 2.24) is 15.6 Å². The lowest BCUT2D eigenvalue weighted by Crippen LogP contribution is -2.37. The molecule has 2 aromatic rings. The van der Waals surface area contributed by atoms with Crippen LogP contribution in [-0.2, 0) is 16.0 Å². The van der Waals surface area contributed by atoms with Gasteiger partial charge in [-0.25, -0.2) is 4.98 Å². The van der Waals surface area contributed by atoms with Crippen LogP contribution in [0.1, 0.15) is 19.5 Å². The standard InChI is InChI=1S/C17H21N3O3S/c1-3-18-16(22)10-19-15(21)9-12-11-24-17(20-12)13-7-5-6-8-14(13)23-4-2/h5-8,11H,3-4,9-10H2,1-2H3,(H,18,22)(H,19,21). The van der Waals surface area contributed by atoms with Crippen LogP contribution in [0.15, 0.2) is 29.6 Å². The van der Waals surface area contributed by atoms with Gasteiger partial charge in [0, 0.05) is 11.9 Å². The van der Waals surface area contributed by atoms with Crippen LogP contribution in [0, 0.1) is 0 Å². The number of para-hydroxylation sites is 1. The Morgan fingerprint density at radius 2 is 1.96 bits per heavy atom. The molecule has 0 aliphatic rings. The maximum Gasteiger partial charge on any atom is 0.239 e. The Kier molecular flexibility index (Phi) is 6.74. The number of amides is 2. The maximum atomic E-state index is 11.9. The molecule has 0 saturated carbocycles. The lowest BCUT2D eigenvalue weighted by molar-refractivity contribution is -0.125. The van der Waals surface area contributed by atoms with Crippen molar-refractivity contribution in [2.24, 2.45) is 0 Å². The molecule has 0 saturated heterocycles. The van der Waals surface area contributed by atoms with Crippen molar-refractivity contribution in [3.05, 3.63) is 35.3 Å². The molecule has 6 nitrogen and oxygen atoms in total. The SMILES string of the molecule is CCNC(=O)CNC(=O)Cc1csc(-c2ccccc2OCC)n1. The lowest BCUT2D eigenvalue weighted by Gasteiger charge is -2.07. The van der Waals surface area contributed by atoms with Gasteiger partial charge in [-0.1, -0.05) is 12.1 Å². The number of aromatic nitrogens is 1. The number of rotatable bonds is 8. The van der Waals surface area contributed by atoms with Gasteiger partial charge in [0.05, 0.1) is 30.8 Å². The molecule has 1 aromatic heterocycles. The van der Waals surface area contributed by atoms with Gasteiger partial charge in [0.15, 0.2) is 0 Å². The van der Waals surface area contributed by atoms with E-state index in [2.05, 4.69) is 15.6 Å². The number of thiazole rings is 1. The summed E-state index contributed by atoms with van der Waals surface area (Å²) in [6.45, 7) is 4.87. The van der Waals surface area contributed by atoms with E-state index in [9.17, 15) is 9.59 Å². The molecule has 2 rings (SSSR count). The fourth-order valence-corrected chi connectivity index (χ4v) is 2.95. The van der Waals surface area contributed by atoms with Gasteiger partial charge in [-0.2, -0.15) is 0 Å². The molecule has 0 bridgehead atoms. The highest BCUT2D eigenvalue weighted by atomic mass is 32.1. The molecule has 0 radical (unpaired) electrons. The number of carbonyl (C=O) groups excluding carboxylic acids is 2. The first-order valence-corrected chi connectivity index (χ1v) is 8.72. The highest BCUT2D eigenvalue weighted by Gasteiger charge is 2.12. The molecule has 24 heavy (non-hydrogen) atoms. The van der Waals surface area contributed by atoms with Gasteiger partial charge in [-0.3, -0.25) is 9.59 Å². The van der Waals surface area contributed by atoms with Crippen molar-refractivity contribution >= 4 is 23.2 Å². The van der Waals surface area contributed by atoms with E-state index < -0.39 is 0 Å². The van der Waals surface area contributed by atoms with E-state index in [4.69, 9.17) is 4.74 Å². The summed E-state index contributed by atoms with van der Waals surface area (Å²) in [5.41, 5.74) is 1.59. The van der Waals surface area contributed by atoms with E-state index in [1.165, 1.54) is 11.3 Å². The summed E-state index contributed by atoms with van der Waals surface area (Å²) in [6.07, 6.45) is 0.146. The molecule has 2 amide bonds. The van der Waals surface area contributed by atoms with Crippen molar-refractivity contribution in [2.45, 2.75) is 20.3 Å². The number of nitrogens with zero attached hydrogens (tertiary/aromatic N) is 1. The zero-order valence-corrected chi connectivity index (χ0v) is 14.6. The number of nitrogens with one attached hydrogen (secondary N) is 2. The fourth-order valence-electron chi connectivity index (χ4n) is 2.10. The number of ether oxygens (including phenoxy) is 1. The topological polar surface area (TPSA) is 80.3 Å². The van der Waals surface area contributed by atoms with E-state index in [0.717, 1.165) is 16.3 Å². The smallest absolute Gasteiger partial charge is 0.239 e. The second-order valence-corrected chi connectivity index (χ2v) is 5.84. The fraction of sp³-hybridized carbons (Fsp3) is 0.353. The molecular weight excluding hydrogens is 326 g/mol. The van der Waals surface area contributed by atoms with Crippen molar-refractivity contribution in [3.63, 3.8) is 0 Å². The zero-order valence-electron chi connectivity index (χ0n) is 13.8. The monoisotopic (exact) mass is 347 g/mol. The third kappa shape index (κ3) is 5.06. The summed E-state index contributed by atoms with van der Waals surface area (Å²) in [7, 11) is 0. The quantitative estimate of drug-likeness (QED) is 0.765. The first-order chi connectivity index (χ1) is 11.6. The van der Waals surface area contributed by atoms with Crippen molar-refractivity contribution < 1.29 is 14.3 Å². The molecule has 0 spiro atoms. The molecule has 2 N–H and O–H groups in total. The predicted molar refractivity (Wildman–Crippen MR) is 94.1 cm³/mol. The Hall–Kier alpha value is -2.41. The number of hydrogen-bond donors (Lipinski definition) is 2. The minimum Gasteiger partial charge on any atom is -0.493 e. The van der Waals surface area contributed by atoms with Gasteiger partial charge in [0.25, 0.3) is 0 Å². The Morgan fingerprint density at radius 1 is 1.17 bits per heavy atom. The number of hydrogen-bond acceptors (Lipinski definition) is 5. The Bertz CT molecular complexity index is 700. The summed E-state index contributed by atoms with van der Waals surface area (Å²) in [5, 5.41) is 7.87. The second-order valence-electron chi connectivity index (χ2n) is 4.98. The van der Waals surface area contributed by atoms with Crippen LogP contribution in [0.25, 0.3) is 10.6 Å². The van der Waals surface area contributed by atoms with Gasteiger partial charge >= 0.3 is 0 Å². The average Bonchev–Trinajstić information content (AvgIpc) is 3.02. The second kappa shape index (κ2) is 9.02. The molecule has 0 aliphatic heterocycles. The van der Waals surface area contributed by atoms with Crippen LogP contribution in [0.4, 0.5) is 0 Å². The van der Waals surface area contributed by atoms with Gasteiger partial charge in [0.2, 0.25) is 11.8 Å². The summed E-state index contributed by atoms with van der Waals surface area (Å²) in [6, 6.07) is 7.69. The Labute approximate surface area is 145 Å². The van der Waals surface area contributed by atoms with Crippen LogP contribution in [0.3, 0.4) is 0 Å². The minimum absolute atomic E-state index is 0.0170. The van der Waals surface area contributed by atoms with E-state index in [1.807, 2.05) is 43.5 Å². The first-order valence-electron chi connectivity index (χ1n) is 7.84. The van der Waals surface area contributed by atoms with E-state index in [1.54, 1.807) is 0 Å². The summed E-state index contributed by atoms with van der Waals surface area (Å²) >= 11 is 1.47. The van der Waals surface area contributed by atoms with Crippen LogP contribution in [-0.4, -0.2) is 36.5 Å². The van der Waals surface area contributed by atoms with Crippen LogP contribution >= 0.6 is 11.3 Å². The van der Waals surface area contributed by atoms with Gasteiger partial charge < -0.3 is 15.4 Å². The van der Waals surface area contributed by atoms with Crippen LogP contribution in [0.5, 0.6) is 5.75 Å². The van der Waals surface area contributed by atoms with Crippen LogP contribution in [0.2, 0.25) is 0 Å². The van der Waals surface area contributed by atoms with Crippen molar-refractivity contribution in [2.75, 3.05) is 19.7 Å². The third-order valence-electron chi connectivity index (χ3n) is 3.13. The van der Waals surface area contributed by atoms with Crippen molar-refractivity contribution in [1.29, 1.82) is 0 Å². The molecule has 7 heteroatoms. The molecule has 0 atom stereocenters. The largest absolute Gasteiger partial charge is 0.493 e. The summed E-state index contributed by atoms with van der Waals surface area (Å²) in [5.74, 6) is 0.355. The molecule has 1 heterocycles. The maximum absolute atomic E-state index is 11.9. The number of benzene rings is 1. The first kappa shape index (κ1) is 17.9. The van der Waals surface area contributed by atoms with Crippen molar-refractivity contribution in [3.8, 4) is 16.3 Å². The average molecular weight is 347 g/mol. The molecule has 0 unspecified atom stereocenters. The molecule has 1 aromatic carbocycles. The Balaban J connectivity index is 1.98. The van der Waals surface area contributed by atoms with Crippen LogP contribution < -0.4 is 15.4 Å². The van der Waals surface area contributed by atoms with Gasteiger partial charge in [-0.05, 0) is 26.0 Å². The van der Waals surface area contributed by atoms with Gasteiger partial charge in [-0.15, -0.1) is 11.3 Å². The summed E-state index contributed by atoms with van der Waals surface area (Å²) in [4.78, 5) is 27.7. The zero-order chi connectivity index (χ0) is 17.4. The lowest BCUT2D eigenvalue weighted by atomic mass is 10.2. The third-order valence-corrected chi connectivity index (χ3v) is 4.06. The van der Waals surface area contributed by atoms with E-state index in [0.29, 0.717) is 18.8 Å². The molecular formula is C17H21N3O3S.